The first-order valence-electron chi connectivity index (χ1n) is 5.24. The van der Waals surface area contributed by atoms with Gasteiger partial charge in [0, 0.05) is 12.4 Å². The van der Waals surface area contributed by atoms with Crippen molar-refractivity contribution in [3.05, 3.63) is 65.5 Å². The van der Waals surface area contributed by atoms with Crippen LogP contribution in [0.2, 0.25) is 0 Å². The predicted octanol–water partition coefficient (Wildman–Crippen LogP) is 2.67. The van der Waals surface area contributed by atoms with Gasteiger partial charge in [0.25, 0.3) is 0 Å². The Morgan fingerprint density at radius 1 is 1.12 bits per heavy atom. The third kappa shape index (κ3) is 2.47. The summed E-state index contributed by atoms with van der Waals surface area (Å²) in [6.45, 7) is 0. The molecule has 0 amide bonds. The van der Waals surface area contributed by atoms with Gasteiger partial charge in [0.2, 0.25) is 0 Å². The second-order valence-corrected chi connectivity index (χ2v) is 3.68. The maximum atomic E-state index is 13.2. The van der Waals surface area contributed by atoms with Gasteiger partial charge >= 0.3 is 0 Å². The standard InChI is InChI=1S/C13H12F2N2/c1-16-13(10-3-2-6-17-8-10)9-4-5-11(14)12(15)7-9/h2-8,13,16H,1H3/t13-/m1/s1. The number of rotatable bonds is 3. The van der Waals surface area contributed by atoms with Crippen LogP contribution in [0.5, 0.6) is 0 Å². The van der Waals surface area contributed by atoms with Crippen LogP contribution in [-0.2, 0) is 0 Å². The maximum Gasteiger partial charge on any atom is 0.159 e. The summed E-state index contributed by atoms with van der Waals surface area (Å²) in [4.78, 5) is 4.01. The van der Waals surface area contributed by atoms with Crippen molar-refractivity contribution in [3.8, 4) is 0 Å². The molecule has 1 aromatic carbocycles. The highest BCUT2D eigenvalue weighted by molar-refractivity contribution is 5.30. The molecule has 1 heterocycles. The minimum atomic E-state index is -0.841. The van der Waals surface area contributed by atoms with Gasteiger partial charge in [-0.3, -0.25) is 4.98 Å². The summed E-state index contributed by atoms with van der Waals surface area (Å²) in [5.41, 5.74) is 1.57. The van der Waals surface area contributed by atoms with Gasteiger partial charge in [-0.15, -0.1) is 0 Å². The Morgan fingerprint density at radius 2 is 1.94 bits per heavy atom. The Morgan fingerprint density at radius 3 is 2.53 bits per heavy atom. The summed E-state index contributed by atoms with van der Waals surface area (Å²) in [6, 6.07) is 7.38. The third-order valence-corrected chi connectivity index (χ3v) is 2.58. The van der Waals surface area contributed by atoms with Crippen molar-refractivity contribution in [2.75, 3.05) is 7.05 Å². The first-order valence-corrected chi connectivity index (χ1v) is 5.24. The van der Waals surface area contributed by atoms with Gasteiger partial charge in [-0.2, -0.15) is 0 Å². The number of nitrogens with one attached hydrogen (secondary N) is 1. The molecule has 0 aliphatic heterocycles. The van der Waals surface area contributed by atoms with Crippen molar-refractivity contribution >= 4 is 0 Å². The average Bonchev–Trinajstić information content (AvgIpc) is 2.36. The number of hydrogen-bond acceptors (Lipinski definition) is 2. The molecule has 88 valence electrons. The molecule has 0 unspecified atom stereocenters. The van der Waals surface area contributed by atoms with E-state index in [2.05, 4.69) is 10.3 Å². The molecule has 1 atom stereocenters. The quantitative estimate of drug-likeness (QED) is 0.883. The van der Waals surface area contributed by atoms with E-state index in [9.17, 15) is 8.78 Å². The molecule has 2 rings (SSSR count). The second kappa shape index (κ2) is 5.01. The van der Waals surface area contributed by atoms with Gasteiger partial charge in [-0.1, -0.05) is 12.1 Å². The van der Waals surface area contributed by atoms with E-state index in [0.29, 0.717) is 5.56 Å². The van der Waals surface area contributed by atoms with E-state index in [1.54, 1.807) is 31.6 Å². The zero-order valence-corrected chi connectivity index (χ0v) is 9.32. The van der Waals surface area contributed by atoms with Crippen molar-refractivity contribution in [3.63, 3.8) is 0 Å². The highest BCUT2D eigenvalue weighted by Gasteiger charge is 2.13. The van der Waals surface area contributed by atoms with Gasteiger partial charge in [0.1, 0.15) is 0 Å². The number of hydrogen-bond donors (Lipinski definition) is 1. The zero-order chi connectivity index (χ0) is 12.3. The molecule has 0 radical (unpaired) electrons. The Hall–Kier alpha value is -1.81. The lowest BCUT2D eigenvalue weighted by molar-refractivity contribution is 0.505. The molecular formula is C13H12F2N2. The van der Waals surface area contributed by atoms with Crippen molar-refractivity contribution in [1.82, 2.24) is 10.3 Å². The van der Waals surface area contributed by atoms with Crippen LogP contribution in [0.15, 0.2) is 42.7 Å². The highest BCUT2D eigenvalue weighted by Crippen LogP contribution is 2.22. The molecule has 0 saturated carbocycles. The minimum Gasteiger partial charge on any atom is -0.309 e. The van der Waals surface area contributed by atoms with Gasteiger partial charge in [0.15, 0.2) is 11.6 Å². The van der Waals surface area contributed by atoms with Crippen molar-refractivity contribution < 1.29 is 8.78 Å². The lowest BCUT2D eigenvalue weighted by Crippen LogP contribution is -2.18. The lowest BCUT2D eigenvalue weighted by atomic mass is 10.0. The van der Waals surface area contributed by atoms with Crippen LogP contribution >= 0.6 is 0 Å². The van der Waals surface area contributed by atoms with Crippen LogP contribution in [0.3, 0.4) is 0 Å². The molecule has 0 bridgehead atoms. The molecule has 0 saturated heterocycles. The van der Waals surface area contributed by atoms with Crippen LogP contribution in [-0.4, -0.2) is 12.0 Å². The van der Waals surface area contributed by atoms with E-state index >= 15 is 0 Å². The fourth-order valence-corrected chi connectivity index (χ4v) is 1.76. The topological polar surface area (TPSA) is 24.9 Å². The summed E-state index contributed by atoms with van der Waals surface area (Å²) >= 11 is 0. The smallest absolute Gasteiger partial charge is 0.159 e. The van der Waals surface area contributed by atoms with Crippen LogP contribution in [0.4, 0.5) is 8.78 Å². The molecular weight excluding hydrogens is 222 g/mol. The largest absolute Gasteiger partial charge is 0.309 e. The van der Waals surface area contributed by atoms with Gasteiger partial charge in [0.05, 0.1) is 6.04 Å². The third-order valence-electron chi connectivity index (χ3n) is 2.58. The van der Waals surface area contributed by atoms with E-state index in [0.717, 1.165) is 11.6 Å². The second-order valence-electron chi connectivity index (χ2n) is 3.68. The summed E-state index contributed by atoms with van der Waals surface area (Å²) in [5.74, 6) is -1.68. The van der Waals surface area contributed by atoms with Gasteiger partial charge < -0.3 is 5.32 Å². The molecule has 1 aromatic heterocycles. The van der Waals surface area contributed by atoms with Gasteiger partial charge in [-0.05, 0) is 36.4 Å². The molecule has 1 N–H and O–H groups in total. The number of halogens is 2. The fraction of sp³-hybridized carbons (Fsp3) is 0.154. The SMILES string of the molecule is CN[C@@H](c1cccnc1)c1ccc(F)c(F)c1. The van der Waals surface area contributed by atoms with E-state index in [4.69, 9.17) is 0 Å². The van der Waals surface area contributed by atoms with Crippen LogP contribution in [0, 0.1) is 11.6 Å². The van der Waals surface area contributed by atoms with E-state index in [1.807, 2.05) is 6.07 Å². The minimum absolute atomic E-state index is 0.196. The summed E-state index contributed by atoms with van der Waals surface area (Å²) in [5, 5.41) is 3.05. The number of aromatic nitrogens is 1. The summed E-state index contributed by atoms with van der Waals surface area (Å²) in [6.07, 6.45) is 3.36. The molecule has 0 spiro atoms. The molecule has 0 fully saturated rings. The number of nitrogens with zero attached hydrogens (tertiary/aromatic N) is 1. The first kappa shape index (κ1) is 11.7. The van der Waals surface area contributed by atoms with E-state index in [1.165, 1.54) is 6.07 Å². The predicted molar refractivity (Wildman–Crippen MR) is 61.5 cm³/mol. The maximum absolute atomic E-state index is 13.2. The Labute approximate surface area is 98.3 Å². The molecule has 4 heteroatoms. The van der Waals surface area contributed by atoms with E-state index in [-0.39, 0.29) is 6.04 Å². The van der Waals surface area contributed by atoms with Gasteiger partial charge in [-0.25, -0.2) is 8.78 Å². The number of benzene rings is 1. The van der Waals surface area contributed by atoms with Crippen molar-refractivity contribution in [1.29, 1.82) is 0 Å². The summed E-state index contributed by atoms with van der Waals surface area (Å²) in [7, 11) is 1.76. The molecule has 0 aliphatic rings. The average molecular weight is 234 g/mol. The Balaban J connectivity index is 2.39. The normalized spacial score (nSPS) is 12.4. The zero-order valence-electron chi connectivity index (χ0n) is 9.32. The Bertz CT molecular complexity index is 500. The van der Waals surface area contributed by atoms with Crippen LogP contribution in [0.1, 0.15) is 17.2 Å². The molecule has 2 nitrogen and oxygen atoms in total. The molecule has 17 heavy (non-hydrogen) atoms. The fourth-order valence-electron chi connectivity index (χ4n) is 1.76. The van der Waals surface area contributed by atoms with Crippen molar-refractivity contribution in [2.24, 2.45) is 0 Å². The highest BCUT2D eigenvalue weighted by atomic mass is 19.2. The van der Waals surface area contributed by atoms with E-state index < -0.39 is 11.6 Å². The Kier molecular flexibility index (Phi) is 3.44. The monoisotopic (exact) mass is 234 g/mol. The molecule has 0 aliphatic carbocycles. The number of pyridine rings is 1. The first-order chi connectivity index (χ1) is 8.22. The molecule has 2 aromatic rings. The summed E-state index contributed by atoms with van der Waals surface area (Å²) < 4.78 is 26.0. The lowest BCUT2D eigenvalue weighted by Gasteiger charge is -2.16. The van der Waals surface area contributed by atoms with Crippen molar-refractivity contribution in [2.45, 2.75) is 6.04 Å². The van der Waals surface area contributed by atoms with Crippen LogP contribution in [0.25, 0.3) is 0 Å². The van der Waals surface area contributed by atoms with Crippen LogP contribution < -0.4 is 5.32 Å².